The molecule has 1 amide bonds. The van der Waals surface area contributed by atoms with Gasteiger partial charge in [0, 0.05) is 12.1 Å². The summed E-state index contributed by atoms with van der Waals surface area (Å²) in [7, 11) is 0. The van der Waals surface area contributed by atoms with Crippen molar-refractivity contribution in [1.82, 2.24) is 5.32 Å². The topological polar surface area (TPSA) is 66.4 Å². The number of hydrogen-bond donors (Lipinski definition) is 2. The third kappa shape index (κ3) is 4.16. The van der Waals surface area contributed by atoms with Crippen molar-refractivity contribution in [1.29, 1.82) is 0 Å². The second kappa shape index (κ2) is 7.18. The first-order valence-corrected chi connectivity index (χ1v) is 6.93. The molecule has 2 N–H and O–H groups in total. The number of carboxylic acids is 1. The van der Waals surface area contributed by atoms with Crippen molar-refractivity contribution in [3.8, 4) is 0 Å². The smallest absolute Gasteiger partial charge is 0.326 e. The highest BCUT2D eigenvalue weighted by molar-refractivity contribution is 7.98. The summed E-state index contributed by atoms with van der Waals surface area (Å²) >= 11 is 1.37. The van der Waals surface area contributed by atoms with Crippen LogP contribution in [0.2, 0.25) is 0 Å². The van der Waals surface area contributed by atoms with Crippen molar-refractivity contribution in [3.63, 3.8) is 0 Å². The quantitative estimate of drug-likeness (QED) is 0.844. The van der Waals surface area contributed by atoms with E-state index in [-0.39, 0.29) is 6.42 Å². The lowest BCUT2D eigenvalue weighted by Crippen LogP contribution is -2.41. The third-order valence-electron chi connectivity index (χ3n) is 2.45. The lowest BCUT2D eigenvalue weighted by molar-refractivity contribution is -0.139. The van der Waals surface area contributed by atoms with E-state index < -0.39 is 40.9 Å². The molecule has 1 rings (SSSR count). The normalized spacial score (nSPS) is 12.0. The minimum absolute atomic E-state index is 0.104. The Hall–Kier alpha value is -1.70. The standard InChI is InChI=1S/C12H12F3NO3S/c1-20-3-2-9(12(18)19)16-11(17)10-7(14)4-6(13)5-8(10)15/h4-5,9H,2-3H2,1H3,(H,16,17)(H,18,19)/t9-/m0/s1. The van der Waals surface area contributed by atoms with Gasteiger partial charge in [0.25, 0.3) is 5.91 Å². The van der Waals surface area contributed by atoms with E-state index in [1.54, 1.807) is 6.26 Å². The van der Waals surface area contributed by atoms with E-state index in [0.717, 1.165) is 0 Å². The number of rotatable bonds is 6. The van der Waals surface area contributed by atoms with Gasteiger partial charge in [-0.25, -0.2) is 18.0 Å². The summed E-state index contributed by atoms with van der Waals surface area (Å²) in [6.45, 7) is 0. The number of amides is 1. The zero-order chi connectivity index (χ0) is 15.3. The monoisotopic (exact) mass is 307 g/mol. The van der Waals surface area contributed by atoms with Gasteiger partial charge >= 0.3 is 5.97 Å². The first-order chi connectivity index (χ1) is 9.36. The largest absolute Gasteiger partial charge is 0.480 e. The molecule has 20 heavy (non-hydrogen) atoms. The van der Waals surface area contributed by atoms with E-state index >= 15 is 0 Å². The second-order valence-corrected chi connectivity index (χ2v) is 4.88. The van der Waals surface area contributed by atoms with Gasteiger partial charge in [-0.05, 0) is 18.4 Å². The SMILES string of the molecule is CSCC[C@H](NC(=O)c1c(F)cc(F)cc1F)C(=O)O. The molecular weight excluding hydrogens is 295 g/mol. The number of carbonyl (C=O) groups excluding carboxylic acids is 1. The summed E-state index contributed by atoms with van der Waals surface area (Å²) in [5, 5.41) is 10.9. The molecule has 0 radical (unpaired) electrons. The number of carbonyl (C=O) groups is 2. The number of hydrogen-bond acceptors (Lipinski definition) is 3. The van der Waals surface area contributed by atoms with Crippen molar-refractivity contribution in [2.45, 2.75) is 12.5 Å². The number of carboxylic acid groups (broad SMARTS) is 1. The maximum atomic E-state index is 13.4. The van der Waals surface area contributed by atoms with Crippen molar-refractivity contribution in [3.05, 3.63) is 35.1 Å². The molecule has 0 saturated heterocycles. The Kier molecular flexibility index (Phi) is 5.87. The molecule has 0 aliphatic carbocycles. The van der Waals surface area contributed by atoms with Gasteiger partial charge in [-0.2, -0.15) is 11.8 Å². The highest BCUT2D eigenvalue weighted by atomic mass is 32.2. The Bertz CT molecular complexity index is 502. The van der Waals surface area contributed by atoms with Crippen LogP contribution in [-0.4, -0.2) is 35.0 Å². The highest BCUT2D eigenvalue weighted by Crippen LogP contribution is 2.15. The van der Waals surface area contributed by atoms with Gasteiger partial charge in [0.05, 0.1) is 0 Å². The maximum absolute atomic E-state index is 13.4. The van der Waals surface area contributed by atoms with Crippen LogP contribution in [0.3, 0.4) is 0 Å². The number of halogens is 3. The van der Waals surface area contributed by atoms with Crippen LogP contribution in [0.5, 0.6) is 0 Å². The van der Waals surface area contributed by atoms with E-state index in [2.05, 4.69) is 0 Å². The summed E-state index contributed by atoms with van der Waals surface area (Å²) in [4.78, 5) is 22.6. The van der Waals surface area contributed by atoms with Gasteiger partial charge in [0.1, 0.15) is 29.1 Å². The summed E-state index contributed by atoms with van der Waals surface area (Å²) in [6.07, 6.45) is 1.85. The Morgan fingerprint density at radius 3 is 2.30 bits per heavy atom. The predicted octanol–water partition coefficient (Wildman–Crippen LogP) is 2.04. The van der Waals surface area contributed by atoms with Crippen LogP contribution in [-0.2, 0) is 4.79 Å². The van der Waals surface area contributed by atoms with E-state index in [4.69, 9.17) is 5.11 Å². The molecule has 0 bridgehead atoms. The fourth-order valence-electron chi connectivity index (χ4n) is 1.48. The average Bonchev–Trinajstić information content (AvgIpc) is 2.32. The molecule has 0 heterocycles. The molecule has 1 aromatic rings. The third-order valence-corrected chi connectivity index (χ3v) is 3.09. The summed E-state index contributed by atoms with van der Waals surface area (Å²) in [6, 6.07) is -0.551. The van der Waals surface area contributed by atoms with Gasteiger partial charge in [-0.15, -0.1) is 0 Å². The zero-order valence-corrected chi connectivity index (χ0v) is 11.3. The van der Waals surface area contributed by atoms with Crippen molar-refractivity contribution < 1.29 is 27.9 Å². The van der Waals surface area contributed by atoms with Crippen molar-refractivity contribution in [2.24, 2.45) is 0 Å². The molecule has 1 atom stereocenters. The highest BCUT2D eigenvalue weighted by Gasteiger charge is 2.24. The molecule has 4 nitrogen and oxygen atoms in total. The number of aliphatic carboxylic acids is 1. The molecule has 0 unspecified atom stereocenters. The fraction of sp³-hybridized carbons (Fsp3) is 0.333. The summed E-state index contributed by atoms with van der Waals surface area (Å²) < 4.78 is 39.5. The lowest BCUT2D eigenvalue weighted by Gasteiger charge is -2.14. The molecule has 110 valence electrons. The van der Waals surface area contributed by atoms with E-state index in [1.165, 1.54) is 11.8 Å². The molecule has 8 heteroatoms. The minimum atomic E-state index is -1.38. The molecular formula is C12H12F3NO3S. The predicted molar refractivity (Wildman–Crippen MR) is 68.2 cm³/mol. The van der Waals surface area contributed by atoms with Crippen LogP contribution < -0.4 is 5.32 Å². The summed E-state index contributed by atoms with van der Waals surface area (Å²) in [5.74, 6) is -6.01. The van der Waals surface area contributed by atoms with E-state index in [9.17, 15) is 22.8 Å². The van der Waals surface area contributed by atoms with Gasteiger partial charge in [0.15, 0.2) is 0 Å². The van der Waals surface area contributed by atoms with Gasteiger partial charge in [-0.1, -0.05) is 0 Å². The molecule has 0 spiro atoms. The van der Waals surface area contributed by atoms with Crippen LogP contribution in [0.4, 0.5) is 13.2 Å². The average molecular weight is 307 g/mol. The lowest BCUT2D eigenvalue weighted by atomic mass is 10.1. The molecule has 0 aliphatic rings. The Morgan fingerprint density at radius 2 is 1.85 bits per heavy atom. The molecule has 0 saturated carbocycles. The van der Waals surface area contributed by atoms with Crippen LogP contribution in [0.15, 0.2) is 12.1 Å². The molecule has 0 aromatic heterocycles. The Labute approximate surface area is 117 Å². The van der Waals surface area contributed by atoms with E-state index in [1.807, 2.05) is 5.32 Å². The minimum Gasteiger partial charge on any atom is -0.480 e. The first-order valence-electron chi connectivity index (χ1n) is 5.54. The molecule has 0 fully saturated rings. The van der Waals surface area contributed by atoms with Gasteiger partial charge in [0.2, 0.25) is 0 Å². The van der Waals surface area contributed by atoms with E-state index in [0.29, 0.717) is 17.9 Å². The Morgan fingerprint density at radius 1 is 1.30 bits per heavy atom. The fourth-order valence-corrected chi connectivity index (χ4v) is 1.95. The van der Waals surface area contributed by atoms with Crippen LogP contribution >= 0.6 is 11.8 Å². The number of benzene rings is 1. The summed E-state index contributed by atoms with van der Waals surface area (Å²) in [5.41, 5.74) is -0.998. The molecule has 1 aromatic carbocycles. The van der Waals surface area contributed by atoms with Crippen molar-refractivity contribution >= 4 is 23.6 Å². The number of thioether (sulfide) groups is 1. The Balaban J connectivity index is 2.92. The number of nitrogens with one attached hydrogen (secondary N) is 1. The second-order valence-electron chi connectivity index (χ2n) is 3.89. The van der Waals surface area contributed by atoms with Gasteiger partial charge in [-0.3, -0.25) is 4.79 Å². The van der Waals surface area contributed by atoms with Crippen LogP contribution in [0.1, 0.15) is 16.8 Å². The first kappa shape index (κ1) is 16.4. The van der Waals surface area contributed by atoms with Crippen LogP contribution in [0.25, 0.3) is 0 Å². The van der Waals surface area contributed by atoms with Crippen molar-refractivity contribution in [2.75, 3.05) is 12.0 Å². The maximum Gasteiger partial charge on any atom is 0.326 e. The van der Waals surface area contributed by atoms with Crippen LogP contribution in [0, 0.1) is 17.5 Å². The molecule has 0 aliphatic heterocycles. The van der Waals surface area contributed by atoms with Gasteiger partial charge < -0.3 is 10.4 Å². The zero-order valence-electron chi connectivity index (χ0n) is 10.5.